The Bertz CT molecular complexity index is 1090. The van der Waals surface area contributed by atoms with Crippen molar-refractivity contribution in [3.05, 3.63) is 134 Å². The molecule has 2 N–H and O–H groups in total. The molecule has 0 atom stereocenters. The van der Waals surface area contributed by atoms with E-state index in [4.69, 9.17) is 0 Å². The van der Waals surface area contributed by atoms with Crippen LogP contribution in [0.4, 0.5) is 22.7 Å². The molecule has 0 amide bonds. The third-order valence-electron chi connectivity index (χ3n) is 4.16. The lowest BCUT2D eigenvalue weighted by atomic mass is 10.3. The summed E-state index contributed by atoms with van der Waals surface area (Å²) in [5, 5.41) is 6.26. The molecule has 0 heterocycles. The van der Waals surface area contributed by atoms with Crippen LogP contribution in [0.3, 0.4) is 0 Å². The van der Waals surface area contributed by atoms with E-state index in [-0.39, 0.29) is 0 Å². The number of anilines is 2. The summed E-state index contributed by atoms with van der Waals surface area (Å²) < 4.78 is 0. The maximum atomic E-state index is 4.29. The second-order valence-electron chi connectivity index (χ2n) is 6.59. The van der Waals surface area contributed by atoms with Crippen LogP contribution >= 0.6 is 0 Å². The maximum Gasteiger partial charge on any atom is 0.0930 e. The van der Waals surface area contributed by atoms with Gasteiger partial charge in [0.15, 0.2) is 0 Å². The first kappa shape index (κ1) is 22.2. The lowest BCUT2D eigenvalue weighted by Gasteiger charge is -1.98. The number of nitrogens with one attached hydrogen (secondary N) is 2. The molecular weight excluding hydrogens is 392 g/mol. The highest BCUT2D eigenvalue weighted by molar-refractivity contribution is 5.77. The molecule has 0 unspecified atom stereocenters. The van der Waals surface area contributed by atoms with Crippen LogP contribution in [0.2, 0.25) is 0 Å². The molecule has 4 rings (SSSR count). The van der Waals surface area contributed by atoms with E-state index < -0.39 is 0 Å². The van der Waals surface area contributed by atoms with Crippen molar-refractivity contribution in [2.45, 2.75) is 0 Å². The van der Waals surface area contributed by atoms with Gasteiger partial charge >= 0.3 is 0 Å². The van der Waals surface area contributed by atoms with Gasteiger partial charge in [0, 0.05) is 23.8 Å². The van der Waals surface area contributed by atoms with Gasteiger partial charge in [-0.2, -0.15) is 0 Å². The van der Waals surface area contributed by atoms with Crippen LogP contribution in [0.15, 0.2) is 144 Å². The van der Waals surface area contributed by atoms with Gasteiger partial charge in [0.25, 0.3) is 0 Å². The third kappa shape index (κ3) is 8.93. The molecule has 158 valence electrons. The predicted octanol–water partition coefficient (Wildman–Crippen LogP) is 7.47. The number of allylic oxidation sites excluding steroid dienone is 1. The van der Waals surface area contributed by atoms with E-state index >= 15 is 0 Å². The predicted molar refractivity (Wildman–Crippen MR) is 138 cm³/mol. The van der Waals surface area contributed by atoms with Gasteiger partial charge in [0.2, 0.25) is 0 Å². The second-order valence-corrected chi connectivity index (χ2v) is 6.59. The van der Waals surface area contributed by atoms with E-state index in [1.165, 1.54) is 0 Å². The van der Waals surface area contributed by atoms with Crippen molar-refractivity contribution in [2.75, 3.05) is 10.6 Å². The van der Waals surface area contributed by atoms with Crippen molar-refractivity contribution in [1.29, 1.82) is 0 Å². The fourth-order valence-corrected chi connectivity index (χ4v) is 2.59. The average Bonchev–Trinajstić information content (AvgIpc) is 2.87. The van der Waals surface area contributed by atoms with Crippen LogP contribution in [0, 0.1) is 0 Å². The molecule has 0 saturated heterocycles. The molecular formula is C28H26N4. The van der Waals surface area contributed by atoms with Crippen LogP contribution in [-0.2, 0) is 0 Å². The molecule has 4 heteroatoms. The Morgan fingerprint density at radius 3 is 1.44 bits per heavy atom. The Balaban J connectivity index is 0.000000182. The number of rotatable bonds is 7. The summed E-state index contributed by atoms with van der Waals surface area (Å²) in [6, 6.07) is 39.6. The molecule has 4 aromatic carbocycles. The third-order valence-corrected chi connectivity index (χ3v) is 4.16. The summed E-state index contributed by atoms with van der Waals surface area (Å²) in [5.41, 5.74) is 4.01. The molecule has 0 radical (unpaired) electrons. The van der Waals surface area contributed by atoms with Crippen molar-refractivity contribution in [2.24, 2.45) is 9.98 Å². The molecule has 0 bridgehead atoms. The first-order valence-corrected chi connectivity index (χ1v) is 10.4. The molecule has 0 aliphatic heterocycles. The van der Waals surface area contributed by atoms with Crippen LogP contribution in [0.5, 0.6) is 0 Å². The van der Waals surface area contributed by atoms with Crippen LogP contribution < -0.4 is 10.6 Å². The Hall–Kier alpha value is -4.44. The van der Waals surface area contributed by atoms with E-state index in [1.54, 1.807) is 12.6 Å². The molecule has 0 aliphatic rings. The van der Waals surface area contributed by atoms with Gasteiger partial charge in [-0.3, -0.25) is 4.99 Å². The number of para-hydroxylation sites is 4. The summed E-state index contributed by atoms with van der Waals surface area (Å²) in [6.45, 7) is 0. The molecule has 0 saturated carbocycles. The maximum absolute atomic E-state index is 4.29. The van der Waals surface area contributed by atoms with E-state index in [0.717, 1.165) is 22.7 Å². The zero-order valence-corrected chi connectivity index (χ0v) is 17.8. The monoisotopic (exact) mass is 418 g/mol. The van der Waals surface area contributed by atoms with Crippen molar-refractivity contribution in [1.82, 2.24) is 0 Å². The van der Waals surface area contributed by atoms with Gasteiger partial charge in [0.1, 0.15) is 0 Å². The van der Waals surface area contributed by atoms with E-state index in [0.29, 0.717) is 0 Å². The molecule has 0 fully saturated rings. The van der Waals surface area contributed by atoms with Gasteiger partial charge in [-0.15, -0.1) is 0 Å². The van der Waals surface area contributed by atoms with Crippen LogP contribution in [0.25, 0.3) is 0 Å². The fourth-order valence-electron chi connectivity index (χ4n) is 2.59. The first-order chi connectivity index (χ1) is 15.9. The molecule has 4 aromatic rings. The van der Waals surface area contributed by atoms with Gasteiger partial charge in [0.05, 0.1) is 17.7 Å². The van der Waals surface area contributed by atoms with Gasteiger partial charge < -0.3 is 10.6 Å². The summed E-state index contributed by atoms with van der Waals surface area (Å²) >= 11 is 0. The van der Waals surface area contributed by atoms with E-state index in [9.17, 15) is 0 Å². The van der Waals surface area contributed by atoms with Crippen molar-refractivity contribution in [3.63, 3.8) is 0 Å². The Morgan fingerprint density at radius 2 is 0.906 bits per heavy atom. The second kappa shape index (κ2) is 13.7. The number of hydrogen-bond donors (Lipinski definition) is 2. The Morgan fingerprint density at radius 1 is 0.469 bits per heavy atom. The molecule has 0 aliphatic carbocycles. The zero-order chi connectivity index (χ0) is 22.1. The van der Waals surface area contributed by atoms with Crippen molar-refractivity contribution >= 4 is 35.3 Å². The largest absolute Gasteiger partial charge is 0.362 e. The summed E-state index contributed by atoms with van der Waals surface area (Å²) in [6.07, 6.45) is 7.21. The molecule has 0 spiro atoms. The SMILES string of the molecule is C(/C=C/Nc1ccccc1)=Nc1ccccc1.C(=Nc1ccccc1)Nc1ccccc1. The lowest BCUT2D eigenvalue weighted by Crippen LogP contribution is -1.92. The minimum atomic E-state index is 0.945. The highest BCUT2D eigenvalue weighted by Gasteiger charge is 1.86. The van der Waals surface area contributed by atoms with Crippen LogP contribution in [-0.4, -0.2) is 12.6 Å². The Kier molecular flexibility index (Phi) is 9.54. The minimum absolute atomic E-state index is 0.945. The molecule has 0 aromatic heterocycles. The quantitative estimate of drug-likeness (QED) is 0.241. The number of aliphatic imine (C=N–C) groups is 2. The fraction of sp³-hybridized carbons (Fsp3) is 0. The normalized spacial score (nSPS) is 10.8. The smallest absolute Gasteiger partial charge is 0.0930 e. The standard InChI is InChI=1S/C15H14N2.C13H12N2/c1-3-8-14(9-4-1)16-12-7-13-17-15-10-5-2-6-11-15;1-3-7-12(8-4-1)14-11-15-13-9-5-2-6-10-13/h1-13,16H;1-11H,(H,14,15)/b12-7+,17-13?;. The van der Waals surface area contributed by atoms with Crippen molar-refractivity contribution < 1.29 is 0 Å². The summed E-state index contributed by atoms with van der Waals surface area (Å²) in [7, 11) is 0. The first-order valence-electron chi connectivity index (χ1n) is 10.4. The highest BCUT2D eigenvalue weighted by Crippen LogP contribution is 2.10. The minimum Gasteiger partial charge on any atom is -0.362 e. The summed E-state index contributed by atoms with van der Waals surface area (Å²) in [5.74, 6) is 0. The van der Waals surface area contributed by atoms with Crippen LogP contribution in [0.1, 0.15) is 0 Å². The number of nitrogens with zero attached hydrogens (tertiary/aromatic N) is 2. The number of hydrogen-bond acceptors (Lipinski definition) is 3. The lowest BCUT2D eigenvalue weighted by molar-refractivity contribution is 1.52. The topological polar surface area (TPSA) is 48.8 Å². The Labute approximate surface area is 189 Å². The zero-order valence-electron chi connectivity index (χ0n) is 17.8. The average molecular weight is 419 g/mol. The highest BCUT2D eigenvalue weighted by atomic mass is 14.9. The van der Waals surface area contributed by atoms with E-state index in [2.05, 4.69) is 20.6 Å². The summed E-state index contributed by atoms with van der Waals surface area (Å²) in [4.78, 5) is 8.55. The van der Waals surface area contributed by atoms with Crippen molar-refractivity contribution in [3.8, 4) is 0 Å². The molecule has 4 nitrogen and oxygen atoms in total. The number of benzene rings is 4. The van der Waals surface area contributed by atoms with E-state index in [1.807, 2.05) is 134 Å². The van der Waals surface area contributed by atoms with Gasteiger partial charge in [-0.05, 0) is 54.6 Å². The molecule has 32 heavy (non-hydrogen) atoms. The van der Waals surface area contributed by atoms with Gasteiger partial charge in [-0.25, -0.2) is 4.99 Å². The van der Waals surface area contributed by atoms with Gasteiger partial charge in [-0.1, -0.05) is 72.8 Å².